The maximum absolute atomic E-state index is 3.41. The number of hydrogen-bond donors (Lipinski definition) is 1. The van der Waals surface area contributed by atoms with Gasteiger partial charge in [-0.25, -0.2) is 0 Å². The summed E-state index contributed by atoms with van der Waals surface area (Å²) in [4.78, 5) is 4.19. The van der Waals surface area contributed by atoms with E-state index in [0.717, 1.165) is 6.04 Å². The Morgan fingerprint density at radius 1 is 1.59 bits per heavy atom. The molecule has 1 saturated heterocycles. The average Bonchev–Trinajstić information content (AvgIpc) is 2.81. The minimum absolute atomic E-state index is 0.668. The van der Waals surface area contributed by atoms with Gasteiger partial charge < -0.3 is 5.32 Å². The lowest BCUT2D eigenvalue weighted by Gasteiger charge is -2.41. The first-order valence-corrected chi connectivity index (χ1v) is 7.54. The maximum Gasteiger partial charge on any atom is 0.0118 e. The van der Waals surface area contributed by atoms with Gasteiger partial charge in [0, 0.05) is 29.5 Å². The van der Waals surface area contributed by atoms with Gasteiger partial charge in [-0.1, -0.05) is 6.07 Å². The number of nitrogens with zero attached hydrogens (tertiary/aromatic N) is 1. The summed E-state index contributed by atoms with van der Waals surface area (Å²) >= 11 is 1.88. The van der Waals surface area contributed by atoms with Crippen molar-refractivity contribution in [1.29, 1.82) is 0 Å². The first-order chi connectivity index (χ1) is 8.20. The van der Waals surface area contributed by atoms with E-state index in [1.54, 1.807) is 0 Å². The van der Waals surface area contributed by atoms with Crippen molar-refractivity contribution >= 4 is 11.3 Å². The molecular weight excluding hydrogens is 228 g/mol. The molecule has 0 spiro atoms. The van der Waals surface area contributed by atoms with Crippen LogP contribution in [0, 0.1) is 0 Å². The van der Waals surface area contributed by atoms with Crippen molar-refractivity contribution in [2.24, 2.45) is 0 Å². The molecule has 0 radical (unpaired) electrons. The van der Waals surface area contributed by atoms with Crippen LogP contribution in [0.25, 0.3) is 0 Å². The Morgan fingerprint density at radius 3 is 3.00 bits per heavy atom. The molecule has 0 aliphatic carbocycles. The summed E-state index contributed by atoms with van der Waals surface area (Å²) in [5.41, 5.74) is 0. The van der Waals surface area contributed by atoms with E-state index in [-0.39, 0.29) is 0 Å². The van der Waals surface area contributed by atoms with E-state index in [1.165, 1.54) is 30.7 Å². The van der Waals surface area contributed by atoms with Gasteiger partial charge >= 0.3 is 0 Å². The second kappa shape index (κ2) is 5.98. The minimum Gasteiger partial charge on any atom is -0.317 e. The summed E-state index contributed by atoms with van der Waals surface area (Å²) in [5, 5.41) is 5.59. The highest BCUT2D eigenvalue weighted by molar-refractivity contribution is 7.09. The van der Waals surface area contributed by atoms with Crippen molar-refractivity contribution in [3.8, 4) is 0 Å². The molecule has 0 bridgehead atoms. The van der Waals surface area contributed by atoms with Crippen LogP contribution in [0.2, 0.25) is 0 Å². The zero-order valence-corrected chi connectivity index (χ0v) is 12.0. The second-order valence-corrected chi connectivity index (χ2v) is 6.26. The minimum atomic E-state index is 0.668. The Hall–Kier alpha value is -0.380. The highest BCUT2D eigenvalue weighted by atomic mass is 32.1. The lowest BCUT2D eigenvalue weighted by atomic mass is 9.96. The summed E-state index contributed by atoms with van der Waals surface area (Å²) < 4.78 is 0. The quantitative estimate of drug-likeness (QED) is 0.886. The van der Waals surface area contributed by atoms with E-state index in [2.05, 4.69) is 48.6 Å². The standard InChI is InChI=1S/C14H24N2S/c1-11-9-13(15-3)6-7-16(11)12(2)10-14-5-4-8-17-14/h4-5,8,11-13,15H,6-7,9-10H2,1-3H3. The average molecular weight is 252 g/mol. The van der Waals surface area contributed by atoms with Gasteiger partial charge in [0.1, 0.15) is 0 Å². The summed E-state index contributed by atoms with van der Waals surface area (Å²) in [6.45, 7) is 5.98. The topological polar surface area (TPSA) is 15.3 Å². The van der Waals surface area contributed by atoms with Crippen LogP contribution in [0.15, 0.2) is 17.5 Å². The summed E-state index contributed by atoms with van der Waals surface area (Å²) in [6, 6.07) is 6.50. The van der Waals surface area contributed by atoms with Crippen LogP contribution in [-0.4, -0.2) is 36.6 Å². The van der Waals surface area contributed by atoms with Crippen LogP contribution < -0.4 is 5.32 Å². The number of thiophene rings is 1. The summed E-state index contributed by atoms with van der Waals surface area (Å²) in [5.74, 6) is 0. The van der Waals surface area contributed by atoms with E-state index in [4.69, 9.17) is 0 Å². The van der Waals surface area contributed by atoms with E-state index in [1.807, 2.05) is 11.3 Å². The van der Waals surface area contributed by atoms with Gasteiger partial charge in [0.05, 0.1) is 0 Å². The van der Waals surface area contributed by atoms with Gasteiger partial charge in [0.15, 0.2) is 0 Å². The first-order valence-electron chi connectivity index (χ1n) is 6.66. The Morgan fingerprint density at radius 2 is 2.41 bits per heavy atom. The smallest absolute Gasteiger partial charge is 0.0118 e. The largest absolute Gasteiger partial charge is 0.317 e. The molecule has 2 heterocycles. The molecule has 2 nitrogen and oxygen atoms in total. The Balaban J connectivity index is 1.89. The predicted octanol–water partition coefficient (Wildman–Crippen LogP) is 2.75. The summed E-state index contributed by atoms with van der Waals surface area (Å²) in [6.07, 6.45) is 3.77. The lowest BCUT2D eigenvalue weighted by molar-refractivity contribution is 0.0977. The molecule has 2 rings (SSSR count). The van der Waals surface area contributed by atoms with Crippen LogP contribution in [-0.2, 0) is 6.42 Å². The zero-order valence-electron chi connectivity index (χ0n) is 11.1. The highest BCUT2D eigenvalue weighted by Gasteiger charge is 2.27. The fourth-order valence-corrected chi connectivity index (χ4v) is 3.77. The highest BCUT2D eigenvalue weighted by Crippen LogP contribution is 2.22. The van der Waals surface area contributed by atoms with Crippen LogP contribution in [0.1, 0.15) is 31.6 Å². The van der Waals surface area contributed by atoms with Crippen molar-refractivity contribution < 1.29 is 0 Å². The van der Waals surface area contributed by atoms with Crippen molar-refractivity contribution in [1.82, 2.24) is 10.2 Å². The third kappa shape index (κ3) is 3.30. The first kappa shape index (κ1) is 13.1. The van der Waals surface area contributed by atoms with Crippen molar-refractivity contribution in [2.45, 2.75) is 51.2 Å². The van der Waals surface area contributed by atoms with Gasteiger partial charge in [-0.05, 0) is 51.6 Å². The van der Waals surface area contributed by atoms with Gasteiger partial charge in [-0.2, -0.15) is 0 Å². The molecule has 17 heavy (non-hydrogen) atoms. The van der Waals surface area contributed by atoms with Crippen LogP contribution in [0.3, 0.4) is 0 Å². The summed E-state index contributed by atoms with van der Waals surface area (Å²) in [7, 11) is 2.09. The van der Waals surface area contributed by atoms with Crippen molar-refractivity contribution in [2.75, 3.05) is 13.6 Å². The molecule has 0 amide bonds. The molecule has 1 aliphatic heterocycles. The number of nitrogens with one attached hydrogen (secondary N) is 1. The number of piperidine rings is 1. The van der Waals surface area contributed by atoms with Gasteiger partial charge in [0.2, 0.25) is 0 Å². The number of rotatable bonds is 4. The maximum atomic E-state index is 3.41. The monoisotopic (exact) mass is 252 g/mol. The molecule has 1 fully saturated rings. The molecule has 1 aliphatic rings. The Bertz CT molecular complexity index is 323. The molecule has 0 aromatic carbocycles. The lowest BCUT2D eigenvalue weighted by Crippen LogP contribution is -2.50. The third-order valence-corrected chi connectivity index (χ3v) is 4.88. The number of hydrogen-bond acceptors (Lipinski definition) is 3. The SMILES string of the molecule is CNC1CCN(C(C)Cc2cccs2)C(C)C1. The number of likely N-dealkylation sites (tertiary alicyclic amines) is 1. The van der Waals surface area contributed by atoms with Gasteiger partial charge in [-0.3, -0.25) is 4.90 Å². The van der Waals surface area contributed by atoms with E-state index < -0.39 is 0 Å². The second-order valence-electron chi connectivity index (χ2n) is 5.23. The molecule has 1 N–H and O–H groups in total. The molecule has 3 heteroatoms. The Kier molecular flexibility index (Phi) is 4.60. The molecule has 0 saturated carbocycles. The van der Waals surface area contributed by atoms with E-state index >= 15 is 0 Å². The molecular formula is C14H24N2S. The van der Waals surface area contributed by atoms with E-state index in [9.17, 15) is 0 Å². The molecule has 96 valence electrons. The molecule has 1 aromatic rings. The fourth-order valence-electron chi connectivity index (χ4n) is 2.94. The molecule has 3 unspecified atom stereocenters. The third-order valence-electron chi connectivity index (χ3n) is 3.98. The Labute approximate surface area is 109 Å². The van der Waals surface area contributed by atoms with Crippen molar-refractivity contribution in [3.05, 3.63) is 22.4 Å². The van der Waals surface area contributed by atoms with Gasteiger partial charge in [0.25, 0.3) is 0 Å². The normalized spacial score (nSPS) is 28.2. The van der Waals surface area contributed by atoms with Crippen molar-refractivity contribution in [3.63, 3.8) is 0 Å². The van der Waals surface area contributed by atoms with Crippen LogP contribution >= 0.6 is 11.3 Å². The zero-order chi connectivity index (χ0) is 12.3. The van der Waals surface area contributed by atoms with Gasteiger partial charge in [-0.15, -0.1) is 11.3 Å². The van der Waals surface area contributed by atoms with E-state index in [0.29, 0.717) is 12.1 Å². The predicted molar refractivity (Wildman–Crippen MR) is 75.7 cm³/mol. The fraction of sp³-hybridized carbons (Fsp3) is 0.714. The van der Waals surface area contributed by atoms with Crippen LogP contribution in [0.5, 0.6) is 0 Å². The molecule has 3 atom stereocenters. The van der Waals surface area contributed by atoms with Crippen LogP contribution in [0.4, 0.5) is 0 Å². The molecule has 1 aromatic heterocycles.